The Morgan fingerprint density at radius 3 is 2.56 bits per heavy atom. The van der Waals surface area contributed by atoms with Crippen molar-refractivity contribution in [1.82, 2.24) is 5.32 Å². The molecule has 1 fully saturated rings. The van der Waals surface area contributed by atoms with E-state index in [4.69, 9.17) is 17.3 Å². The first-order valence-electron chi connectivity index (χ1n) is 5.98. The van der Waals surface area contributed by atoms with Gasteiger partial charge < -0.3 is 11.1 Å². The normalized spacial score (nSPS) is 25.6. The zero-order chi connectivity index (χ0) is 11.4. The van der Waals surface area contributed by atoms with Crippen LogP contribution in [0.15, 0.2) is 24.3 Å². The monoisotopic (exact) mass is 238 g/mol. The number of benzene rings is 1. The molecule has 88 valence electrons. The Balaban J connectivity index is 2.26. The summed E-state index contributed by atoms with van der Waals surface area (Å²) in [5.74, 6) is 0. The molecule has 1 aromatic carbocycles. The van der Waals surface area contributed by atoms with Gasteiger partial charge in [0.1, 0.15) is 0 Å². The van der Waals surface area contributed by atoms with Crippen molar-refractivity contribution in [3.63, 3.8) is 0 Å². The van der Waals surface area contributed by atoms with Crippen molar-refractivity contribution >= 4 is 11.6 Å². The first-order chi connectivity index (χ1) is 7.77. The number of halogens is 1. The van der Waals surface area contributed by atoms with Crippen molar-refractivity contribution in [2.45, 2.75) is 31.2 Å². The molecule has 0 saturated carbocycles. The average Bonchev–Trinajstić information content (AvgIpc) is 2.31. The summed E-state index contributed by atoms with van der Waals surface area (Å²) in [6.45, 7) is 1.80. The summed E-state index contributed by atoms with van der Waals surface area (Å²) in [4.78, 5) is 0. The molecule has 1 saturated heterocycles. The molecule has 3 heteroatoms. The van der Waals surface area contributed by atoms with E-state index in [1.807, 2.05) is 12.1 Å². The maximum absolute atomic E-state index is 5.93. The van der Waals surface area contributed by atoms with Crippen LogP contribution in [0.1, 0.15) is 31.2 Å². The maximum atomic E-state index is 5.93. The third-order valence-electron chi connectivity index (χ3n) is 3.46. The van der Waals surface area contributed by atoms with Crippen LogP contribution in [0.4, 0.5) is 0 Å². The minimum absolute atomic E-state index is 0.0809. The minimum Gasteiger partial charge on any atom is -0.330 e. The van der Waals surface area contributed by atoms with Crippen LogP contribution >= 0.6 is 11.6 Å². The number of rotatable bonds is 3. The molecule has 16 heavy (non-hydrogen) atoms. The molecule has 0 aliphatic carbocycles. The molecule has 0 radical (unpaired) electrons. The fourth-order valence-corrected chi connectivity index (χ4v) is 2.71. The highest BCUT2D eigenvalue weighted by atomic mass is 35.5. The van der Waals surface area contributed by atoms with E-state index in [-0.39, 0.29) is 5.54 Å². The summed E-state index contributed by atoms with van der Waals surface area (Å²) < 4.78 is 0. The van der Waals surface area contributed by atoms with E-state index in [9.17, 15) is 0 Å². The van der Waals surface area contributed by atoms with Gasteiger partial charge >= 0.3 is 0 Å². The Morgan fingerprint density at radius 1 is 1.25 bits per heavy atom. The number of hydrogen-bond donors (Lipinski definition) is 2. The van der Waals surface area contributed by atoms with Crippen molar-refractivity contribution in [3.05, 3.63) is 34.9 Å². The Labute approximate surface area is 102 Å². The van der Waals surface area contributed by atoms with E-state index >= 15 is 0 Å². The minimum atomic E-state index is 0.0809. The fourth-order valence-electron chi connectivity index (χ4n) is 2.59. The largest absolute Gasteiger partial charge is 0.330 e. The second-order valence-electron chi connectivity index (χ2n) is 4.51. The molecule has 2 nitrogen and oxygen atoms in total. The lowest BCUT2D eigenvalue weighted by Crippen LogP contribution is -2.47. The van der Waals surface area contributed by atoms with Crippen molar-refractivity contribution in [1.29, 1.82) is 0 Å². The second-order valence-corrected chi connectivity index (χ2v) is 4.95. The first kappa shape index (κ1) is 11.9. The number of nitrogens with one attached hydrogen (secondary N) is 1. The number of nitrogens with two attached hydrogens (primary N) is 1. The molecule has 1 aromatic rings. The van der Waals surface area contributed by atoms with E-state index in [1.54, 1.807) is 0 Å². The fraction of sp³-hybridized carbons (Fsp3) is 0.538. The molecule has 1 atom stereocenters. The van der Waals surface area contributed by atoms with Gasteiger partial charge in [-0.2, -0.15) is 0 Å². The number of hydrogen-bond acceptors (Lipinski definition) is 2. The second kappa shape index (κ2) is 5.17. The van der Waals surface area contributed by atoms with Gasteiger partial charge in [0, 0.05) is 10.6 Å². The first-order valence-corrected chi connectivity index (χ1v) is 6.36. The van der Waals surface area contributed by atoms with Gasteiger partial charge in [-0.1, -0.05) is 30.2 Å². The standard InChI is InChI=1S/C13H19ClN2/c14-12-5-3-11(4-6-12)13(8-9-15)7-1-2-10-16-13/h3-6,16H,1-2,7-10,15H2. The lowest BCUT2D eigenvalue weighted by atomic mass is 9.80. The smallest absolute Gasteiger partial charge is 0.0446 e. The van der Waals surface area contributed by atoms with E-state index in [2.05, 4.69) is 17.4 Å². The van der Waals surface area contributed by atoms with Gasteiger partial charge in [-0.05, 0) is 50.0 Å². The average molecular weight is 239 g/mol. The van der Waals surface area contributed by atoms with Gasteiger partial charge in [0.2, 0.25) is 0 Å². The quantitative estimate of drug-likeness (QED) is 0.850. The molecular weight excluding hydrogens is 220 g/mol. The molecule has 1 heterocycles. The van der Waals surface area contributed by atoms with Crippen LogP contribution in [0.2, 0.25) is 5.02 Å². The molecule has 1 aliphatic rings. The van der Waals surface area contributed by atoms with Crippen molar-refractivity contribution in [3.8, 4) is 0 Å². The highest BCUT2D eigenvalue weighted by Gasteiger charge is 2.32. The summed E-state index contributed by atoms with van der Waals surface area (Å²) >= 11 is 5.93. The third kappa shape index (κ3) is 2.40. The Bertz CT molecular complexity index is 323. The van der Waals surface area contributed by atoms with Gasteiger partial charge in [-0.15, -0.1) is 0 Å². The SMILES string of the molecule is NCCC1(c2ccc(Cl)cc2)CCCCN1. The molecule has 0 spiro atoms. The molecule has 0 amide bonds. The van der Waals surface area contributed by atoms with E-state index in [0.29, 0.717) is 0 Å². The van der Waals surface area contributed by atoms with Gasteiger partial charge in [0.05, 0.1) is 0 Å². The lowest BCUT2D eigenvalue weighted by Gasteiger charge is -2.39. The molecule has 1 aliphatic heterocycles. The van der Waals surface area contributed by atoms with Crippen molar-refractivity contribution < 1.29 is 0 Å². The van der Waals surface area contributed by atoms with Gasteiger partial charge in [0.25, 0.3) is 0 Å². The summed E-state index contributed by atoms with van der Waals surface area (Å²) in [6.07, 6.45) is 4.70. The predicted molar refractivity (Wildman–Crippen MR) is 68.7 cm³/mol. The zero-order valence-electron chi connectivity index (χ0n) is 9.51. The maximum Gasteiger partial charge on any atom is 0.0446 e. The highest BCUT2D eigenvalue weighted by Crippen LogP contribution is 2.33. The van der Waals surface area contributed by atoms with Crippen LogP contribution in [0, 0.1) is 0 Å². The predicted octanol–water partition coefficient (Wildman–Crippen LogP) is 2.66. The van der Waals surface area contributed by atoms with Crippen LogP contribution in [-0.4, -0.2) is 13.1 Å². The third-order valence-corrected chi connectivity index (χ3v) is 3.71. The zero-order valence-corrected chi connectivity index (χ0v) is 10.3. The Kier molecular flexibility index (Phi) is 3.85. The molecule has 3 N–H and O–H groups in total. The Hall–Kier alpha value is -0.570. The Morgan fingerprint density at radius 2 is 2.00 bits per heavy atom. The molecular formula is C13H19ClN2. The van der Waals surface area contributed by atoms with Crippen molar-refractivity contribution in [2.24, 2.45) is 5.73 Å². The van der Waals surface area contributed by atoms with E-state index < -0.39 is 0 Å². The summed E-state index contributed by atoms with van der Waals surface area (Å²) in [6, 6.07) is 8.17. The topological polar surface area (TPSA) is 38.0 Å². The molecule has 2 rings (SSSR count). The molecule has 0 aromatic heterocycles. The van der Waals surface area contributed by atoms with Crippen LogP contribution in [0.3, 0.4) is 0 Å². The van der Waals surface area contributed by atoms with Gasteiger partial charge in [-0.25, -0.2) is 0 Å². The van der Waals surface area contributed by atoms with Crippen LogP contribution in [0.5, 0.6) is 0 Å². The van der Waals surface area contributed by atoms with Gasteiger partial charge in [-0.3, -0.25) is 0 Å². The summed E-state index contributed by atoms with van der Waals surface area (Å²) in [7, 11) is 0. The summed E-state index contributed by atoms with van der Waals surface area (Å²) in [5, 5.41) is 4.44. The molecule has 0 bridgehead atoms. The lowest BCUT2D eigenvalue weighted by molar-refractivity contribution is 0.243. The highest BCUT2D eigenvalue weighted by molar-refractivity contribution is 6.30. The van der Waals surface area contributed by atoms with Crippen LogP contribution in [0.25, 0.3) is 0 Å². The van der Waals surface area contributed by atoms with Crippen LogP contribution in [-0.2, 0) is 5.54 Å². The molecule has 1 unspecified atom stereocenters. The van der Waals surface area contributed by atoms with E-state index in [1.165, 1.54) is 24.8 Å². The number of piperidine rings is 1. The van der Waals surface area contributed by atoms with Gasteiger partial charge in [0.15, 0.2) is 0 Å². The van der Waals surface area contributed by atoms with Crippen molar-refractivity contribution in [2.75, 3.05) is 13.1 Å². The summed E-state index contributed by atoms with van der Waals surface area (Å²) in [5.41, 5.74) is 7.15. The van der Waals surface area contributed by atoms with Crippen LogP contribution < -0.4 is 11.1 Å². The van der Waals surface area contributed by atoms with E-state index in [0.717, 1.165) is 24.5 Å².